The first-order chi connectivity index (χ1) is 15.9. The van der Waals surface area contributed by atoms with E-state index in [9.17, 15) is 9.59 Å². The molecule has 8 nitrogen and oxygen atoms in total. The van der Waals surface area contributed by atoms with Gasteiger partial charge in [0.15, 0.2) is 0 Å². The molecule has 0 aliphatic heterocycles. The van der Waals surface area contributed by atoms with E-state index in [0.29, 0.717) is 24.0 Å². The van der Waals surface area contributed by atoms with Crippen molar-refractivity contribution in [2.75, 3.05) is 0 Å². The average molecular weight is 446 g/mol. The summed E-state index contributed by atoms with van der Waals surface area (Å²) in [7, 11) is 0. The number of hydrogen-bond acceptors (Lipinski definition) is 5. The van der Waals surface area contributed by atoms with Gasteiger partial charge in [-0.25, -0.2) is 9.78 Å². The van der Waals surface area contributed by atoms with Crippen molar-refractivity contribution in [1.29, 1.82) is 0 Å². The molecule has 2 unspecified atom stereocenters. The van der Waals surface area contributed by atoms with Crippen LogP contribution in [-0.2, 0) is 0 Å². The molecule has 170 valence electrons. The van der Waals surface area contributed by atoms with E-state index in [2.05, 4.69) is 20.6 Å². The summed E-state index contributed by atoms with van der Waals surface area (Å²) in [6.45, 7) is 1.88. The number of nitrogens with zero attached hydrogens (tertiary/aromatic N) is 3. The lowest BCUT2D eigenvalue weighted by Crippen LogP contribution is -2.70. The van der Waals surface area contributed by atoms with Gasteiger partial charge < -0.3 is 19.8 Å². The van der Waals surface area contributed by atoms with Crippen LogP contribution in [-0.4, -0.2) is 37.4 Å². The predicted molar refractivity (Wildman–Crippen MR) is 121 cm³/mol. The van der Waals surface area contributed by atoms with Gasteiger partial charge in [-0.3, -0.25) is 4.79 Å². The molecule has 3 heterocycles. The molecule has 33 heavy (non-hydrogen) atoms. The molecule has 8 heteroatoms. The highest BCUT2D eigenvalue weighted by atomic mass is 16.6. The Morgan fingerprint density at radius 2 is 1.76 bits per heavy atom. The van der Waals surface area contributed by atoms with Crippen LogP contribution in [0.3, 0.4) is 0 Å². The molecule has 4 saturated carbocycles. The van der Waals surface area contributed by atoms with Crippen LogP contribution >= 0.6 is 0 Å². The molecule has 2 amide bonds. The minimum absolute atomic E-state index is 0.136. The van der Waals surface area contributed by atoms with Crippen LogP contribution < -0.4 is 15.4 Å². The quantitative estimate of drug-likeness (QED) is 0.639. The molecule has 4 fully saturated rings. The molecule has 0 aromatic carbocycles. The van der Waals surface area contributed by atoms with Crippen molar-refractivity contribution in [3.8, 4) is 5.88 Å². The smallest absolute Gasteiger partial charge is 0.390 e. The van der Waals surface area contributed by atoms with E-state index < -0.39 is 6.09 Å². The lowest BCUT2D eigenvalue weighted by molar-refractivity contribution is -0.0450. The van der Waals surface area contributed by atoms with E-state index in [4.69, 9.17) is 4.74 Å². The molecular weight excluding hydrogens is 418 g/mol. The minimum atomic E-state index is -0.484. The molecule has 0 spiro atoms. The number of carbonyl (C=O) groups excluding carboxylic acids is 2. The summed E-state index contributed by atoms with van der Waals surface area (Å²) >= 11 is 0. The first kappa shape index (κ1) is 20.2. The Morgan fingerprint density at radius 3 is 2.48 bits per heavy atom. The van der Waals surface area contributed by atoms with Gasteiger partial charge in [0.2, 0.25) is 5.88 Å². The van der Waals surface area contributed by atoms with Crippen LogP contribution in [0.4, 0.5) is 4.79 Å². The summed E-state index contributed by atoms with van der Waals surface area (Å²) in [5.41, 5.74) is 1.30. The Balaban J connectivity index is 1.19. The van der Waals surface area contributed by atoms with Crippen LogP contribution in [0, 0.1) is 18.8 Å². The Labute approximate surface area is 191 Å². The number of hydrogen-bond donors (Lipinski definition) is 2. The van der Waals surface area contributed by atoms with Crippen molar-refractivity contribution in [3.63, 3.8) is 0 Å². The van der Waals surface area contributed by atoms with E-state index in [1.807, 2.05) is 47.9 Å². The van der Waals surface area contributed by atoms with Gasteiger partial charge in [-0.15, -0.1) is 0 Å². The maximum Gasteiger partial charge on any atom is 0.414 e. The SMILES string of the molecule is Cc1cccc(C(=O)NC23CC4CC(CC(NC(=O)Oc5cn6ccccc6n5)(C4)C2)C3)n1. The van der Waals surface area contributed by atoms with E-state index in [-0.39, 0.29) is 22.9 Å². The molecule has 2 N–H and O–H groups in total. The number of fused-ring (bicyclic) bond motifs is 1. The summed E-state index contributed by atoms with van der Waals surface area (Å²) in [5, 5.41) is 6.51. The van der Waals surface area contributed by atoms with Crippen LogP contribution in [0.5, 0.6) is 5.88 Å². The predicted octanol–water partition coefficient (Wildman–Crippen LogP) is 3.65. The van der Waals surface area contributed by atoms with E-state index >= 15 is 0 Å². The monoisotopic (exact) mass is 445 g/mol. The number of pyridine rings is 2. The highest BCUT2D eigenvalue weighted by Gasteiger charge is 2.59. The number of ether oxygens (including phenoxy) is 1. The van der Waals surface area contributed by atoms with Gasteiger partial charge in [-0.2, -0.15) is 4.98 Å². The highest BCUT2D eigenvalue weighted by Crippen LogP contribution is 2.57. The maximum atomic E-state index is 13.0. The van der Waals surface area contributed by atoms with Gasteiger partial charge >= 0.3 is 6.09 Å². The lowest BCUT2D eigenvalue weighted by atomic mass is 9.50. The summed E-state index contributed by atoms with van der Waals surface area (Å²) in [4.78, 5) is 34.7. The van der Waals surface area contributed by atoms with Crippen LogP contribution in [0.2, 0.25) is 0 Å². The van der Waals surface area contributed by atoms with Crippen molar-refractivity contribution in [1.82, 2.24) is 25.0 Å². The summed E-state index contributed by atoms with van der Waals surface area (Å²) < 4.78 is 7.37. The highest BCUT2D eigenvalue weighted by molar-refractivity contribution is 5.92. The van der Waals surface area contributed by atoms with Crippen molar-refractivity contribution in [2.45, 2.75) is 56.5 Å². The second-order valence-electron chi connectivity index (χ2n) is 10.2. The fourth-order valence-electron chi connectivity index (χ4n) is 6.83. The average Bonchev–Trinajstić information content (AvgIpc) is 3.14. The lowest BCUT2D eigenvalue weighted by Gasteiger charge is -2.61. The molecule has 7 rings (SSSR count). The number of amides is 2. The molecule has 4 aliphatic rings. The zero-order valence-electron chi connectivity index (χ0n) is 18.6. The normalized spacial score (nSPS) is 29.7. The third kappa shape index (κ3) is 3.73. The molecule has 4 bridgehead atoms. The Hall–Kier alpha value is -3.42. The van der Waals surface area contributed by atoms with Crippen molar-refractivity contribution >= 4 is 17.6 Å². The standard InChI is InChI=1S/C25H27N5O3/c1-16-5-4-6-19(26-16)22(31)28-24-10-17-9-18(11-24)13-25(12-17,15-24)29-23(32)33-21-14-30-8-3-2-7-20(30)27-21/h2-8,14,17-18H,9-13,15H2,1H3,(H,28,31)(H,29,32). The number of aromatic nitrogens is 3. The zero-order valence-corrected chi connectivity index (χ0v) is 18.6. The Bertz CT molecular complexity index is 1200. The van der Waals surface area contributed by atoms with Gasteiger partial charge in [0.05, 0.1) is 6.20 Å². The minimum Gasteiger partial charge on any atom is -0.390 e. The molecule has 4 aliphatic carbocycles. The first-order valence-corrected chi connectivity index (χ1v) is 11.6. The van der Waals surface area contributed by atoms with Crippen LogP contribution in [0.25, 0.3) is 5.65 Å². The maximum absolute atomic E-state index is 13.0. The second kappa shape index (κ2) is 7.30. The number of imidazole rings is 1. The fourth-order valence-corrected chi connectivity index (χ4v) is 6.83. The topological polar surface area (TPSA) is 97.6 Å². The number of aryl methyl sites for hydroxylation is 1. The molecule has 2 atom stereocenters. The molecule has 0 radical (unpaired) electrons. The fraction of sp³-hybridized carbons (Fsp3) is 0.440. The Morgan fingerprint density at radius 1 is 1.00 bits per heavy atom. The zero-order chi connectivity index (χ0) is 22.6. The van der Waals surface area contributed by atoms with Crippen LogP contribution in [0.15, 0.2) is 48.8 Å². The van der Waals surface area contributed by atoms with Crippen molar-refractivity contribution < 1.29 is 14.3 Å². The van der Waals surface area contributed by atoms with Gasteiger partial charge in [0.1, 0.15) is 11.3 Å². The van der Waals surface area contributed by atoms with E-state index in [1.165, 1.54) is 0 Å². The molecular formula is C25H27N5O3. The van der Waals surface area contributed by atoms with E-state index in [1.54, 1.807) is 12.3 Å². The van der Waals surface area contributed by atoms with Gasteiger partial charge in [0, 0.05) is 23.0 Å². The largest absolute Gasteiger partial charge is 0.414 e. The number of nitrogens with one attached hydrogen (secondary N) is 2. The third-order valence-corrected chi connectivity index (χ3v) is 7.47. The van der Waals surface area contributed by atoms with Gasteiger partial charge in [-0.1, -0.05) is 12.1 Å². The summed E-state index contributed by atoms with van der Waals surface area (Å²) in [6, 6.07) is 11.1. The number of rotatable bonds is 4. The third-order valence-electron chi connectivity index (χ3n) is 7.47. The first-order valence-electron chi connectivity index (χ1n) is 11.6. The molecule has 3 aromatic rings. The summed E-state index contributed by atoms with van der Waals surface area (Å²) in [5.74, 6) is 1.10. The second-order valence-corrected chi connectivity index (χ2v) is 10.2. The molecule has 0 saturated heterocycles. The van der Waals surface area contributed by atoms with Gasteiger partial charge in [0.25, 0.3) is 5.91 Å². The number of carbonyl (C=O) groups is 2. The van der Waals surface area contributed by atoms with Gasteiger partial charge in [-0.05, 0) is 81.5 Å². The van der Waals surface area contributed by atoms with Crippen molar-refractivity contribution in [2.24, 2.45) is 11.8 Å². The van der Waals surface area contributed by atoms with E-state index in [0.717, 1.165) is 43.4 Å². The van der Waals surface area contributed by atoms with Crippen LogP contribution in [0.1, 0.15) is 54.7 Å². The summed E-state index contributed by atoms with van der Waals surface area (Å²) in [6.07, 6.45) is 8.69. The Kier molecular flexibility index (Phi) is 4.47. The molecule has 3 aromatic heterocycles. The van der Waals surface area contributed by atoms with Crippen molar-refractivity contribution in [3.05, 3.63) is 60.2 Å².